The van der Waals surface area contributed by atoms with Gasteiger partial charge in [-0.05, 0) is 58.5 Å². The molecule has 1 aliphatic heterocycles. The fourth-order valence-electron chi connectivity index (χ4n) is 2.79. The molecule has 8 heteroatoms. The number of rotatable bonds is 3. The maximum Gasteiger partial charge on any atom is 0.248 e. The van der Waals surface area contributed by atoms with Crippen molar-refractivity contribution in [3.05, 3.63) is 70.5 Å². The Balaban J connectivity index is 1.83. The smallest absolute Gasteiger partial charge is 0.248 e. The molecule has 126 valence electrons. The third-order valence-corrected chi connectivity index (χ3v) is 4.35. The molecule has 2 aromatic carbocycles. The summed E-state index contributed by atoms with van der Waals surface area (Å²) >= 11 is 6.24. The van der Waals surface area contributed by atoms with E-state index in [1.54, 1.807) is 19.2 Å². The van der Waals surface area contributed by atoms with Gasteiger partial charge in [-0.25, -0.2) is 4.39 Å². The monoisotopic (exact) mass is 357 g/mol. The molecule has 0 fully saturated rings. The zero-order chi connectivity index (χ0) is 17.4. The van der Waals surface area contributed by atoms with Crippen LogP contribution in [0, 0.1) is 5.82 Å². The van der Waals surface area contributed by atoms with E-state index in [4.69, 9.17) is 16.3 Å². The SMILES string of the molecule is COc1ccc(C2=CC(c3c(F)cccc3Cl)n3nnnc3N2)cc1. The Morgan fingerprint density at radius 2 is 2.00 bits per heavy atom. The summed E-state index contributed by atoms with van der Waals surface area (Å²) in [5.74, 6) is 0.752. The summed E-state index contributed by atoms with van der Waals surface area (Å²) in [6.45, 7) is 0. The van der Waals surface area contributed by atoms with Crippen LogP contribution in [0.5, 0.6) is 5.75 Å². The Hall–Kier alpha value is -2.93. The van der Waals surface area contributed by atoms with Crippen molar-refractivity contribution in [2.45, 2.75) is 6.04 Å². The minimum atomic E-state index is -0.558. The van der Waals surface area contributed by atoms with E-state index >= 15 is 0 Å². The van der Waals surface area contributed by atoms with Crippen LogP contribution in [-0.4, -0.2) is 27.3 Å². The highest BCUT2D eigenvalue weighted by Gasteiger charge is 2.28. The highest BCUT2D eigenvalue weighted by Crippen LogP contribution is 2.36. The number of nitrogens with zero attached hydrogens (tertiary/aromatic N) is 4. The van der Waals surface area contributed by atoms with Gasteiger partial charge in [-0.1, -0.05) is 22.8 Å². The first-order chi connectivity index (χ1) is 12.2. The minimum absolute atomic E-state index is 0.318. The molecule has 1 N–H and O–H groups in total. The van der Waals surface area contributed by atoms with Crippen LogP contribution in [0.4, 0.5) is 10.3 Å². The van der Waals surface area contributed by atoms with E-state index in [0.717, 1.165) is 17.0 Å². The maximum atomic E-state index is 14.4. The van der Waals surface area contributed by atoms with Gasteiger partial charge in [0.2, 0.25) is 5.95 Å². The summed E-state index contributed by atoms with van der Waals surface area (Å²) in [4.78, 5) is 0. The molecule has 0 amide bonds. The highest BCUT2D eigenvalue weighted by atomic mass is 35.5. The number of methoxy groups -OCH3 is 1. The van der Waals surface area contributed by atoms with Gasteiger partial charge in [-0.15, -0.1) is 0 Å². The third-order valence-electron chi connectivity index (χ3n) is 4.02. The van der Waals surface area contributed by atoms with Crippen LogP contribution in [0.3, 0.4) is 0 Å². The maximum absolute atomic E-state index is 14.4. The number of tetrazole rings is 1. The van der Waals surface area contributed by atoms with Gasteiger partial charge < -0.3 is 10.1 Å². The van der Waals surface area contributed by atoms with E-state index in [1.807, 2.05) is 30.3 Å². The molecule has 0 radical (unpaired) electrons. The summed E-state index contributed by atoms with van der Waals surface area (Å²) in [7, 11) is 1.61. The predicted molar refractivity (Wildman–Crippen MR) is 92.0 cm³/mol. The van der Waals surface area contributed by atoms with Gasteiger partial charge in [0.25, 0.3) is 0 Å². The van der Waals surface area contributed by atoms with Crippen LogP contribution in [-0.2, 0) is 0 Å². The summed E-state index contributed by atoms with van der Waals surface area (Å²) in [6, 6.07) is 11.5. The Labute approximate surface area is 147 Å². The molecule has 0 aliphatic carbocycles. The van der Waals surface area contributed by atoms with Crippen molar-refractivity contribution >= 4 is 23.2 Å². The first-order valence-corrected chi connectivity index (χ1v) is 7.90. The topological polar surface area (TPSA) is 64.9 Å². The number of allylic oxidation sites excluding steroid dienone is 1. The molecule has 1 aliphatic rings. The van der Waals surface area contributed by atoms with E-state index in [1.165, 1.54) is 10.7 Å². The van der Waals surface area contributed by atoms with E-state index in [0.29, 0.717) is 16.5 Å². The minimum Gasteiger partial charge on any atom is -0.497 e. The van der Waals surface area contributed by atoms with Crippen molar-refractivity contribution in [3.63, 3.8) is 0 Å². The van der Waals surface area contributed by atoms with Crippen molar-refractivity contribution in [1.82, 2.24) is 20.2 Å². The molecular formula is C17H13ClFN5O. The van der Waals surface area contributed by atoms with Gasteiger partial charge in [0.05, 0.1) is 7.11 Å². The second kappa shape index (κ2) is 6.18. The number of hydrogen-bond acceptors (Lipinski definition) is 5. The lowest BCUT2D eigenvalue weighted by Gasteiger charge is -2.24. The Bertz CT molecular complexity index is 934. The van der Waals surface area contributed by atoms with Crippen LogP contribution < -0.4 is 10.1 Å². The quantitative estimate of drug-likeness (QED) is 0.776. The molecule has 0 bridgehead atoms. The molecule has 2 heterocycles. The highest BCUT2D eigenvalue weighted by molar-refractivity contribution is 6.31. The van der Waals surface area contributed by atoms with Crippen molar-refractivity contribution in [1.29, 1.82) is 0 Å². The molecular weight excluding hydrogens is 345 g/mol. The van der Waals surface area contributed by atoms with E-state index in [2.05, 4.69) is 20.8 Å². The van der Waals surface area contributed by atoms with Crippen LogP contribution in [0.2, 0.25) is 5.02 Å². The fourth-order valence-corrected chi connectivity index (χ4v) is 3.07. The predicted octanol–water partition coefficient (Wildman–Crippen LogP) is 3.53. The first-order valence-electron chi connectivity index (χ1n) is 7.52. The lowest BCUT2D eigenvalue weighted by atomic mass is 10.0. The normalized spacial score (nSPS) is 16.0. The lowest BCUT2D eigenvalue weighted by Crippen LogP contribution is -2.21. The third kappa shape index (κ3) is 2.72. The summed E-state index contributed by atoms with van der Waals surface area (Å²) in [5, 5.41) is 15.1. The van der Waals surface area contributed by atoms with Crippen molar-refractivity contribution < 1.29 is 9.13 Å². The number of halogens is 2. The Kier molecular flexibility index (Phi) is 3.85. The largest absolute Gasteiger partial charge is 0.497 e. The molecule has 1 unspecified atom stereocenters. The van der Waals surface area contributed by atoms with Gasteiger partial charge in [0.1, 0.15) is 17.6 Å². The first kappa shape index (κ1) is 15.6. The number of nitrogens with one attached hydrogen (secondary N) is 1. The number of anilines is 1. The van der Waals surface area contributed by atoms with Crippen LogP contribution in [0.1, 0.15) is 17.2 Å². The molecule has 0 saturated heterocycles. The molecule has 0 spiro atoms. The number of aromatic nitrogens is 4. The Morgan fingerprint density at radius 3 is 2.72 bits per heavy atom. The van der Waals surface area contributed by atoms with E-state index in [-0.39, 0.29) is 0 Å². The zero-order valence-corrected chi connectivity index (χ0v) is 13.9. The molecule has 6 nitrogen and oxygen atoms in total. The second-order valence-corrected chi connectivity index (χ2v) is 5.87. The van der Waals surface area contributed by atoms with Gasteiger partial charge in [0, 0.05) is 16.3 Å². The molecule has 1 aromatic heterocycles. The Morgan fingerprint density at radius 1 is 1.20 bits per heavy atom. The standard InChI is InChI=1S/C17H13ClFN5O/c1-25-11-7-5-10(6-8-11)14-9-15(24-17(20-14)21-22-23-24)16-12(18)3-2-4-13(16)19/h2-9,15H,1H3,(H,20,21,23). The summed E-state index contributed by atoms with van der Waals surface area (Å²) in [5.41, 5.74) is 1.98. The van der Waals surface area contributed by atoms with Crippen molar-refractivity contribution in [2.24, 2.45) is 0 Å². The van der Waals surface area contributed by atoms with Crippen LogP contribution in [0.15, 0.2) is 48.5 Å². The summed E-state index contributed by atoms with van der Waals surface area (Å²) in [6.07, 6.45) is 1.84. The molecule has 0 saturated carbocycles. The number of fused-ring (bicyclic) bond motifs is 1. The zero-order valence-electron chi connectivity index (χ0n) is 13.1. The van der Waals surface area contributed by atoms with Crippen molar-refractivity contribution in [2.75, 3.05) is 12.4 Å². The van der Waals surface area contributed by atoms with Crippen LogP contribution >= 0.6 is 11.6 Å². The summed E-state index contributed by atoms with van der Waals surface area (Å²) < 4.78 is 21.1. The average Bonchev–Trinajstić information content (AvgIpc) is 3.10. The van der Waals surface area contributed by atoms with Crippen LogP contribution in [0.25, 0.3) is 5.70 Å². The van der Waals surface area contributed by atoms with Gasteiger partial charge in [-0.3, -0.25) is 0 Å². The molecule has 3 aromatic rings. The van der Waals surface area contributed by atoms with Gasteiger partial charge >= 0.3 is 0 Å². The van der Waals surface area contributed by atoms with Crippen molar-refractivity contribution in [3.8, 4) is 5.75 Å². The second-order valence-electron chi connectivity index (χ2n) is 5.46. The fraction of sp³-hybridized carbons (Fsp3) is 0.118. The van der Waals surface area contributed by atoms with Gasteiger partial charge in [-0.2, -0.15) is 4.68 Å². The number of ether oxygens (including phenoxy) is 1. The van der Waals surface area contributed by atoms with E-state index < -0.39 is 11.9 Å². The molecule has 25 heavy (non-hydrogen) atoms. The number of hydrogen-bond donors (Lipinski definition) is 1. The molecule has 4 rings (SSSR count). The van der Waals surface area contributed by atoms with Gasteiger partial charge in [0.15, 0.2) is 0 Å². The van der Waals surface area contributed by atoms with E-state index in [9.17, 15) is 4.39 Å². The number of benzene rings is 2. The average molecular weight is 358 g/mol. The molecule has 1 atom stereocenters. The lowest BCUT2D eigenvalue weighted by molar-refractivity contribution is 0.415.